The molecule has 3 rings (SSSR count). The summed E-state index contributed by atoms with van der Waals surface area (Å²) in [5.41, 5.74) is 3.20. The second-order valence-corrected chi connectivity index (χ2v) is 5.56. The maximum absolute atomic E-state index is 11.7. The van der Waals surface area contributed by atoms with E-state index in [0.29, 0.717) is 17.2 Å². The molecule has 0 atom stereocenters. The molecule has 0 aromatic heterocycles. The number of amides is 1. The summed E-state index contributed by atoms with van der Waals surface area (Å²) in [4.78, 5) is 11.7. The van der Waals surface area contributed by atoms with Crippen molar-refractivity contribution in [3.63, 3.8) is 0 Å². The van der Waals surface area contributed by atoms with Gasteiger partial charge in [0.15, 0.2) is 18.1 Å². The monoisotopic (exact) mass is 376 g/mol. The molecular weight excluding hydrogens is 364 g/mol. The number of fused-ring (bicyclic) bond motifs is 1. The fraction of sp³-hybridized carbons (Fsp3) is 0.125. The molecule has 6 nitrogen and oxygen atoms in total. The van der Waals surface area contributed by atoms with Gasteiger partial charge in [0.05, 0.1) is 6.21 Å². The molecule has 1 aliphatic heterocycles. The number of ether oxygens (including phenoxy) is 3. The molecule has 0 radical (unpaired) electrons. The number of nitrogens with one attached hydrogen (secondary N) is 1. The molecule has 0 fully saturated rings. The molecule has 23 heavy (non-hydrogen) atoms. The third-order valence-electron chi connectivity index (χ3n) is 2.98. The highest BCUT2D eigenvalue weighted by molar-refractivity contribution is 9.10. The lowest BCUT2D eigenvalue weighted by atomic mass is 10.2. The predicted octanol–water partition coefficient (Wildman–Crippen LogP) is 2.71. The van der Waals surface area contributed by atoms with Crippen LogP contribution in [0.1, 0.15) is 5.56 Å². The van der Waals surface area contributed by atoms with E-state index in [1.807, 2.05) is 18.2 Å². The van der Waals surface area contributed by atoms with Crippen molar-refractivity contribution in [3.05, 3.63) is 52.5 Å². The van der Waals surface area contributed by atoms with Crippen molar-refractivity contribution in [1.82, 2.24) is 5.43 Å². The molecule has 0 saturated carbocycles. The highest BCUT2D eigenvalue weighted by atomic mass is 79.9. The zero-order valence-corrected chi connectivity index (χ0v) is 13.6. The second-order valence-electron chi connectivity index (χ2n) is 4.65. The fourth-order valence-electron chi connectivity index (χ4n) is 1.88. The maximum atomic E-state index is 11.7. The standard InChI is InChI=1S/C16H13BrN2O4/c17-12-2-4-13(5-3-12)21-9-16(20)19-18-8-11-1-6-14-15(7-11)23-10-22-14/h1-8H,9-10H2,(H,19,20)/b18-8+. The van der Waals surface area contributed by atoms with Crippen LogP contribution in [-0.2, 0) is 4.79 Å². The summed E-state index contributed by atoms with van der Waals surface area (Å²) in [6.07, 6.45) is 1.53. The van der Waals surface area contributed by atoms with Gasteiger partial charge < -0.3 is 14.2 Å². The highest BCUT2D eigenvalue weighted by Gasteiger charge is 2.12. The summed E-state index contributed by atoms with van der Waals surface area (Å²) in [5, 5.41) is 3.89. The van der Waals surface area contributed by atoms with Crippen LogP contribution in [0.4, 0.5) is 0 Å². The molecule has 0 saturated heterocycles. The lowest BCUT2D eigenvalue weighted by Gasteiger charge is -2.04. The van der Waals surface area contributed by atoms with Crippen LogP contribution in [0.15, 0.2) is 52.0 Å². The first-order valence-corrected chi connectivity index (χ1v) is 7.60. The van der Waals surface area contributed by atoms with Gasteiger partial charge >= 0.3 is 0 Å². The number of halogens is 1. The summed E-state index contributed by atoms with van der Waals surface area (Å²) in [6.45, 7) is 0.111. The average Bonchev–Trinajstić information content (AvgIpc) is 3.02. The molecule has 2 aromatic rings. The molecule has 1 N–H and O–H groups in total. The Balaban J connectivity index is 1.47. The first-order chi connectivity index (χ1) is 11.2. The number of rotatable bonds is 5. The van der Waals surface area contributed by atoms with E-state index in [1.165, 1.54) is 6.21 Å². The Morgan fingerprint density at radius 3 is 2.83 bits per heavy atom. The molecule has 2 aromatic carbocycles. The predicted molar refractivity (Wildman–Crippen MR) is 87.9 cm³/mol. The number of benzene rings is 2. The number of hydrogen-bond acceptors (Lipinski definition) is 5. The third-order valence-corrected chi connectivity index (χ3v) is 3.51. The lowest BCUT2D eigenvalue weighted by Crippen LogP contribution is -2.24. The van der Waals surface area contributed by atoms with Crippen LogP contribution in [0.3, 0.4) is 0 Å². The van der Waals surface area contributed by atoms with Crippen molar-refractivity contribution >= 4 is 28.1 Å². The van der Waals surface area contributed by atoms with Gasteiger partial charge in [-0.05, 0) is 48.0 Å². The number of hydrazone groups is 1. The molecule has 0 unspecified atom stereocenters. The largest absolute Gasteiger partial charge is 0.484 e. The van der Waals surface area contributed by atoms with E-state index >= 15 is 0 Å². The molecule has 0 aliphatic carbocycles. The van der Waals surface area contributed by atoms with E-state index in [-0.39, 0.29) is 19.3 Å². The minimum atomic E-state index is -0.343. The first-order valence-electron chi connectivity index (χ1n) is 6.80. The number of carbonyl (C=O) groups is 1. The van der Waals surface area contributed by atoms with Crippen molar-refractivity contribution in [2.75, 3.05) is 13.4 Å². The van der Waals surface area contributed by atoms with E-state index in [9.17, 15) is 4.79 Å². The van der Waals surface area contributed by atoms with Gasteiger partial charge in [-0.2, -0.15) is 5.10 Å². The third kappa shape index (κ3) is 4.23. The van der Waals surface area contributed by atoms with E-state index < -0.39 is 0 Å². The van der Waals surface area contributed by atoms with Gasteiger partial charge in [-0.1, -0.05) is 15.9 Å². The minimum Gasteiger partial charge on any atom is -0.484 e. The van der Waals surface area contributed by atoms with Crippen LogP contribution in [-0.4, -0.2) is 25.5 Å². The molecule has 1 heterocycles. The Bertz CT molecular complexity index is 731. The molecule has 1 amide bonds. The fourth-order valence-corrected chi connectivity index (χ4v) is 2.15. The Kier molecular flexibility index (Phi) is 4.77. The van der Waals surface area contributed by atoms with Gasteiger partial charge in [0, 0.05) is 4.47 Å². The van der Waals surface area contributed by atoms with Crippen LogP contribution in [0.2, 0.25) is 0 Å². The van der Waals surface area contributed by atoms with Crippen molar-refractivity contribution in [2.45, 2.75) is 0 Å². The van der Waals surface area contributed by atoms with Crippen LogP contribution >= 0.6 is 15.9 Å². The first kappa shape index (κ1) is 15.4. The van der Waals surface area contributed by atoms with Crippen LogP contribution < -0.4 is 19.6 Å². The van der Waals surface area contributed by atoms with Gasteiger partial charge in [-0.25, -0.2) is 5.43 Å². The number of carbonyl (C=O) groups excluding carboxylic acids is 1. The molecule has 0 bridgehead atoms. The number of hydrogen-bond donors (Lipinski definition) is 1. The summed E-state index contributed by atoms with van der Waals surface area (Å²) in [7, 11) is 0. The maximum Gasteiger partial charge on any atom is 0.277 e. The molecular formula is C16H13BrN2O4. The SMILES string of the molecule is O=C(COc1ccc(Br)cc1)N/N=C/c1ccc2c(c1)OCO2. The van der Waals surface area contributed by atoms with Crippen LogP contribution in [0.5, 0.6) is 17.2 Å². The highest BCUT2D eigenvalue weighted by Crippen LogP contribution is 2.31. The summed E-state index contributed by atoms with van der Waals surface area (Å²) >= 11 is 3.33. The van der Waals surface area contributed by atoms with Crippen molar-refractivity contribution in [2.24, 2.45) is 5.10 Å². The van der Waals surface area contributed by atoms with E-state index in [0.717, 1.165) is 10.0 Å². The number of nitrogens with zero attached hydrogens (tertiary/aromatic N) is 1. The Morgan fingerprint density at radius 2 is 2.00 bits per heavy atom. The van der Waals surface area contributed by atoms with Crippen LogP contribution in [0.25, 0.3) is 0 Å². The normalized spacial score (nSPS) is 12.4. The zero-order chi connectivity index (χ0) is 16.1. The second kappa shape index (κ2) is 7.15. The van der Waals surface area contributed by atoms with E-state index in [2.05, 4.69) is 26.5 Å². The summed E-state index contributed by atoms with van der Waals surface area (Å²) < 4.78 is 16.8. The molecule has 7 heteroatoms. The lowest BCUT2D eigenvalue weighted by molar-refractivity contribution is -0.123. The average molecular weight is 377 g/mol. The van der Waals surface area contributed by atoms with Gasteiger partial charge in [-0.15, -0.1) is 0 Å². The molecule has 0 spiro atoms. The van der Waals surface area contributed by atoms with Gasteiger partial charge in [0.1, 0.15) is 5.75 Å². The van der Waals surface area contributed by atoms with Gasteiger partial charge in [-0.3, -0.25) is 4.79 Å². The topological polar surface area (TPSA) is 69.2 Å². The van der Waals surface area contributed by atoms with Gasteiger partial charge in [0.25, 0.3) is 5.91 Å². The van der Waals surface area contributed by atoms with Crippen molar-refractivity contribution in [1.29, 1.82) is 0 Å². The zero-order valence-electron chi connectivity index (χ0n) is 12.0. The van der Waals surface area contributed by atoms with Gasteiger partial charge in [0.2, 0.25) is 6.79 Å². The van der Waals surface area contributed by atoms with Crippen LogP contribution in [0, 0.1) is 0 Å². The smallest absolute Gasteiger partial charge is 0.277 e. The van der Waals surface area contributed by atoms with E-state index in [1.54, 1.807) is 24.3 Å². The quantitative estimate of drug-likeness (QED) is 0.643. The van der Waals surface area contributed by atoms with Crippen molar-refractivity contribution in [3.8, 4) is 17.2 Å². The summed E-state index contributed by atoms with van der Waals surface area (Å²) in [6, 6.07) is 12.6. The van der Waals surface area contributed by atoms with Crippen molar-refractivity contribution < 1.29 is 19.0 Å². The minimum absolute atomic E-state index is 0.111. The summed E-state index contributed by atoms with van der Waals surface area (Å²) in [5.74, 6) is 1.64. The Labute approximate surface area is 141 Å². The Morgan fingerprint density at radius 1 is 1.22 bits per heavy atom. The Hall–Kier alpha value is -2.54. The molecule has 1 aliphatic rings. The van der Waals surface area contributed by atoms with E-state index in [4.69, 9.17) is 14.2 Å². The molecule has 118 valence electrons.